The van der Waals surface area contributed by atoms with Gasteiger partial charge in [0.15, 0.2) is 5.82 Å². The van der Waals surface area contributed by atoms with E-state index in [2.05, 4.69) is 15.0 Å². The highest BCUT2D eigenvalue weighted by molar-refractivity contribution is 6.13. The predicted octanol–water partition coefficient (Wildman–Crippen LogP) is 1.59. The van der Waals surface area contributed by atoms with E-state index in [1.54, 1.807) is 48.5 Å². The van der Waals surface area contributed by atoms with E-state index >= 15 is 0 Å². The summed E-state index contributed by atoms with van der Waals surface area (Å²) in [5, 5.41) is 0. The maximum Gasteiger partial charge on any atom is 0.230 e. The number of aryl methyl sites for hydroxylation is 1. The Hall–Kier alpha value is -2.56. The molecule has 0 fully saturated rings. The Morgan fingerprint density at radius 3 is 2.72 bits per heavy atom. The van der Waals surface area contributed by atoms with Crippen LogP contribution in [0.5, 0.6) is 0 Å². The molecule has 0 N–H and O–H groups in total. The fourth-order valence-corrected chi connectivity index (χ4v) is 1.88. The summed E-state index contributed by atoms with van der Waals surface area (Å²) < 4.78 is 1.69. The molecule has 0 spiro atoms. The molecule has 0 aliphatic heterocycles. The van der Waals surface area contributed by atoms with Gasteiger partial charge in [0.1, 0.15) is 0 Å². The first-order chi connectivity index (χ1) is 8.77. The lowest BCUT2D eigenvalue weighted by Crippen LogP contribution is -2.09. The van der Waals surface area contributed by atoms with Gasteiger partial charge in [-0.25, -0.2) is 4.98 Å². The summed E-state index contributed by atoms with van der Waals surface area (Å²) in [6.45, 7) is 0. The standard InChI is InChI=1S/C13H10N4O/c1-17-8-7-16-13(17)12(18)9-3-2-4-10-11(9)15-6-5-14-10/h2-8H,1H3. The van der Waals surface area contributed by atoms with Crippen LogP contribution in [0.1, 0.15) is 16.2 Å². The van der Waals surface area contributed by atoms with Gasteiger partial charge in [-0.05, 0) is 12.1 Å². The Balaban J connectivity index is 2.21. The Labute approximate surface area is 103 Å². The molecule has 5 heteroatoms. The van der Waals surface area contributed by atoms with E-state index in [0.29, 0.717) is 22.4 Å². The SMILES string of the molecule is Cn1ccnc1C(=O)c1cccc2nccnc12. The second kappa shape index (κ2) is 4.03. The van der Waals surface area contributed by atoms with Crippen molar-refractivity contribution in [2.45, 2.75) is 0 Å². The van der Waals surface area contributed by atoms with Gasteiger partial charge in [0, 0.05) is 31.8 Å². The van der Waals surface area contributed by atoms with Gasteiger partial charge in [-0.1, -0.05) is 6.07 Å². The quantitative estimate of drug-likeness (QED) is 0.636. The van der Waals surface area contributed by atoms with Crippen molar-refractivity contribution >= 4 is 16.8 Å². The molecule has 0 bridgehead atoms. The Bertz CT molecular complexity index is 727. The summed E-state index contributed by atoms with van der Waals surface area (Å²) in [6, 6.07) is 5.37. The van der Waals surface area contributed by atoms with E-state index in [0.717, 1.165) is 0 Å². The molecule has 0 aliphatic rings. The maximum absolute atomic E-state index is 12.4. The maximum atomic E-state index is 12.4. The van der Waals surface area contributed by atoms with Gasteiger partial charge in [0.2, 0.25) is 5.78 Å². The number of hydrogen-bond acceptors (Lipinski definition) is 4. The van der Waals surface area contributed by atoms with E-state index in [4.69, 9.17) is 0 Å². The number of benzene rings is 1. The van der Waals surface area contributed by atoms with Crippen LogP contribution in [-0.2, 0) is 7.05 Å². The van der Waals surface area contributed by atoms with E-state index in [1.807, 2.05) is 6.07 Å². The number of imidazole rings is 1. The highest BCUT2D eigenvalue weighted by Crippen LogP contribution is 2.16. The molecule has 0 saturated carbocycles. The number of carbonyl (C=O) groups excluding carboxylic acids is 1. The van der Waals surface area contributed by atoms with Crippen molar-refractivity contribution in [2.24, 2.45) is 7.05 Å². The molecule has 0 radical (unpaired) electrons. The average molecular weight is 238 g/mol. The van der Waals surface area contributed by atoms with Crippen LogP contribution < -0.4 is 0 Å². The van der Waals surface area contributed by atoms with Crippen molar-refractivity contribution in [3.63, 3.8) is 0 Å². The minimum atomic E-state index is -0.145. The van der Waals surface area contributed by atoms with Crippen LogP contribution in [0.4, 0.5) is 0 Å². The first-order valence-electron chi connectivity index (χ1n) is 5.49. The molecular weight excluding hydrogens is 228 g/mol. The Morgan fingerprint density at radius 2 is 1.94 bits per heavy atom. The smallest absolute Gasteiger partial charge is 0.230 e. The summed E-state index contributed by atoms with van der Waals surface area (Å²) in [4.78, 5) is 24.9. The molecule has 0 saturated heterocycles. The van der Waals surface area contributed by atoms with E-state index in [1.165, 1.54) is 0 Å². The van der Waals surface area contributed by atoms with Crippen LogP contribution in [0.15, 0.2) is 43.0 Å². The van der Waals surface area contributed by atoms with Crippen LogP contribution in [-0.4, -0.2) is 25.3 Å². The van der Waals surface area contributed by atoms with E-state index in [9.17, 15) is 4.79 Å². The third-order valence-corrected chi connectivity index (χ3v) is 2.77. The lowest BCUT2D eigenvalue weighted by atomic mass is 10.1. The Kier molecular flexibility index (Phi) is 2.37. The summed E-state index contributed by atoms with van der Waals surface area (Å²) in [7, 11) is 1.79. The van der Waals surface area contributed by atoms with Gasteiger partial charge >= 0.3 is 0 Å². The molecule has 5 nitrogen and oxygen atoms in total. The fraction of sp³-hybridized carbons (Fsp3) is 0.0769. The van der Waals surface area contributed by atoms with Crippen LogP contribution in [0.3, 0.4) is 0 Å². The van der Waals surface area contributed by atoms with Gasteiger partial charge in [-0.2, -0.15) is 0 Å². The van der Waals surface area contributed by atoms with Gasteiger partial charge in [0.05, 0.1) is 16.6 Å². The summed E-state index contributed by atoms with van der Waals surface area (Å²) in [6.07, 6.45) is 6.53. The molecule has 1 aromatic carbocycles. The first-order valence-corrected chi connectivity index (χ1v) is 5.49. The number of rotatable bonds is 2. The topological polar surface area (TPSA) is 60.7 Å². The van der Waals surface area contributed by atoms with Crippen LogP contribution in [0, 0.1) is 0 Å². The first kappa shape index (κ1) is 10.6. The number of para-hydroxylation sites is 1. The minimum absolute atomic E-state index is 0.145. The fourth-order valence-electron chi connectivity index (χ4n) is 1.88. The monoisotopic (exact) mass is 238 g/mol. The highest BCUT2D eigenvalue weighted by Gasteiger charge is 2.17. The number of ketones is 1. The highest BCUT2D eigenvalue weighted by atomic mass is 16.1. The number of aromatic nitrogens is 4. The summed E-state index contributed by atoms with van der Waals surface area (Å²) in [5.74, 6) is 0.252. The second-order valence-electron chi connectivity index (χ2n) is 3.92. The largest absolute Gasteiger partial charge is 0.331 e. The number of fused-ring (bicyclic) bond motifs is 1. The lowest BCUT2D eigenvalue weighted by Gasteiger charge is -2.04. The summed E-state index contributed by atoms with van der Waals surface area (Å²) in [5.41, 5.74) is 1.83. The third kappa shape index (κ3) is 1.57. The zero-order valence-corrected chi connectivity index (χ0v) is 9.74. The second-order valence-corrected chi connectivity index (χ2v) is 3.92. The number of nitrogens with zero attached hydrogens (tertiary/aromatic N) is 4. The predicted molar refractivity (Wildman–Crippen MR) is 66.2 cm³/mol. The molecule has 0 atom stereocenters. The van der Waals surface area contributed by atoms with Crippen molar-refractivity contribution in [1.82, 2.24) is 19.5 Å². The molecular formula is C13H10N4O. The summed E-state index contributed by atoms with van der Waals surface area (Å²) >= 11 is 0. The Morgan fingerprint density at radius 1 is 1.11 bits per heavy atom. The minimum Gasteiger partial charge on any atom is -0.331 e. The zero-order chi connectivity index (χ0) is 12.5. The van der Waals surface area contributed by atoms with Crippen molar-refractivity contribution in [1.29, 1.82) is 0 Å². The van der Waals surface area contributed by atoms with Crippen molar-refractivity contribution in [3.8, 4) is 0 Å². The molecule has 3 aromatic rings. The lowest BCUT2D eigenvalue weighted by molar-refractivity contribution is 0.102. The van der Waals surface area contributed by atoms with Crippen LogP contribution >= 0.6 is 0 Å². The molecule has 0 unspecified atom stereocenters. The van der Waals surface area contributed by atoms with Gasteiger partial charge in [-0.3, -0.25) is 14.8 Å². The van der Waals surface area contributed by atoms with Crippen LogP contribution in [0.25, 0.3) is 11.0 Å². The van der Waals surface area contributed by atoms with Crippen LogP contribution in [0.2, 0.25) is 0 Å². The number of hydrogen-bond donors (Lipinski definition) is 0. The zero-order valence-electron chi connectivity index (χ0n) is 9.74. The molecule has 88 valence electrons. The third-order valence-electron chi connectivity index (χ3n) is 2.77. The molecule has 2 aromatic heterocycles. The van der Waals surface area contributed by atoms with Gasteiger partial charge in [-0.15, -0.1) is 0 Å². The van der Waals surface area contributed by atoms with Crippen molar-refractivity contribution in [3.05, 3.63) is 54.4 Å². The molecule has 18 heavy (non-hydrogen) atoms. The van der Waals surface area contributed by atoms with E-state index in [-0.39, 0.29) is 5.78 Å². The molecule has 0 aliphatic carbocycles. The van der Waals surface area contributed by atoms with E-state index < -0.39 is 0 Å². The molecule has 0 amide bonds. The molecule has 2 heterocycles. The number of carbonyl (C=O) groups is 1. The average Bonchev–Trinajstić information content (AvgIpc) is 2.83. The van der Waals surface area contributed by atoms with Gasteiger partial charge < -0.3 is 4.57 Å². The van der Waals surface area contributed by atoms with Crippen molar-refractivity contribution in [2.75, 3.05) is 0 Å². The normalized spacial score (nSPS) is 10.7. The van der Waals surface area contributed by atoms with Gasteiger partial charge in [0.25, 0.3) is 0 Å². The van der Waals surface area contributed by atoms with Crippen molar-refractivity contribution < 1.29 is 4.79 Å². The molecule has 3 rings (SSSR count).